The van der Waals surface area contributed by atoms with Gasteiger partial charge in [-0.05, 0) is 23.8 Å². The van der Waals surface area contributed by atoms with E-state index in [0.29, 0.717) is 0 Å². The highest BCUT2D eigenvalue weighted by Gasteiger charge is 2.31. The van der Waals surface area contributed by atoms with Crippen LogP contribution < -0.4 is 0 Å². The second-order valence-electron chi connectivity index (χ2n) is 4.91. The van der Waals surface area contributed by atoms with E-state index in [1.165, 1.54) is 31.4 Å². The molecule has 2 rings (SSSR count). The van der Waals surface area contributed by atoms with Gasteiger partial charge in [-0.1, -0.05) is 12.1 Å². The number of nitrogens with zero attached hydrogens (tertiary/aromatic N) is 3. The van der Waals surface area contributed by atoms with Gasteiger partial charge in [0, 0.05) is 38.7 Å². The van der Waals surface area contributed by atoms with Crippen LogP contribution in [0.5, 0.6) is 0 Å². The third-order valence-corrected chi connectivity index (χ3v) is 5.23. The van der Waals surface area contributed by atoms with Gasteiger partial charge in [0.25, 0.3) is 5.69 Å². The largest absolute Gasteiger partial charge is 0.383 e. The number of rotatable bonds is 8. The zero-order valence-electron chi connectivity index (χ0n) is 13.0. The van der Waals surface area contributed by atoms with Crippen LogP contribution >= 0.6 is 0 Å². The van der Waals surface area contributed by atoms with Crippen molar-refractivity contribution in [2.24, 2.45) is 0 Å². The summed E-state index contributed by atoms with van der Waals surface area (Å²) in [5.74, 6) is 0. The quantitative estimate of drug-likeness (QED) is 0.531. The summed E-state index contributed by atoms with van der Waals surface area (Å²) in [5, 5.41) is 11.2. The summed E-state index contributed by atoms with van der Waals surface area (Å²) in [6.07, 6.45) is 3.11. The second-order valence-corrected chi connectivity index (χ2v) is 6.82. The molecular formula is C15H17N3O5S. The molecule has 0 fully saturated rings. The summed E-state index contributed by atoms with van der Waals surface area (Å²) in [5.41, 5.74) is 0.276. The van der Waals surface area contributed by atoms with Gasteiger partial charge in [-0.3, -0.25) is 15.1 Å². The molecule has 0 atom stereocenters. The second kappa shape index (κ2) is 7.95. The minimum atomic E-state index is -4.06. The first-order chi connectivity index (χ1) is 11.5. The lowest BCUT2D eigenvalue weighted by atomic mass is 10.3. The Kier molecular flexibility index (Phi) is 5.96. The molecule has 0 saturated carbocycles. The minimum absolute atomic E-state index is 0.0697. The van der Waals surface area contributed by atoms with E-state index in [2.05, 4.69) is 4.98 Å². The molecule has 1 heterocycles. The van der Waals surface area contributed by atoms with Crippen molar-refractivity contribution in [1.29, 1.82) is 0 Å². The molecule has 24 heavy (non-hydrogen) atoms. The molecule has 9 heteroatoms. The Balaban J connectivity index is 2.42. The van der Waals surface area contributed by atoms with Crippen LogP contribution in [0, 0.1) is 10.1 Å². The van der Waals surface area contributed by atoms with Gasteiger partial charge in [0.1, 0.15) is 0 Å². The molecule has 0 unspecified atom stereocenters. The SMILES string of the molecule is COCCN(Cc1ccncc1)S(=O)(=O)c1ccccc1[N+](=O)[O-]. The molecule has 0 spiro atoms. The standard InChI is InChI=1S/C15H17N3O5S/c1-23-11-10-17(12-13-6-8-16-9-7-13)24(21,22)15-5-3-2-4-14(15)18(19)20/h2-9H,10-12H2,1H3. The normalized spacial score (nSPS) is 11.6. The Morgan fingerprint density at radius 2 is 1.88 bits per heavy atom. The number of benzene rings is 1. The molecule has 2 aromatic rings. The van der Waals surface area contributed by atoms with E-state index in [-0.39, 0.29) is 24.6 Å². The molecule has 0 aliphatic heterocycles. The molecule has 0 saturated heterocycles. The van der Waals surface area contributed by atoms with E-state index in [1.807, 2.05) is 0 Å². The average Bonchev–Trinajstić information content (AvgIpc) is 2.59. The molecule has 8 nitrogen and oxygen atoms in total. The smallest absolute Gasteiger partial charge is 0.289 e. The lowest BCUT2D eigenvalue weighted by Crippen LogP contribution is -2.33. The fourth-order valence-electron chi connectivity index (χ4n) is 2.13. The van der Waals surface area contributed by atoms with Crippen LogP contribution in [0.2, 0.25) is 0 Å². The number of pyridine rings is 1. The third kappa shape index (κ3) is 4.13. The molecule has 1 aromatic heterocycles. The number of aromatic nitrogens is 1. The van der Waals surface area contributed by atoms with Crippen molar-refractivity contribution in [1.82, 2.24) is 9.29 Å². The number of nitro groups is 1. The number of ether oxygens (including phenoxy) is 1. The third-order valence-electron chi connectivity index (χ3n) is 3.33. The lowest BCUT2D eigenvalue weighted by molar-refractivity contribution is -0.387. The molecular weight excluding hydrogens is 334 g/mol. The van der Waals surface area contributed by atoms with E-state index in [4.69, 9.17) is 4.74 Å². The van der Waals surface area contributed by atoms with E-state index in [1.54, 1.807) is 24.5 Å². The summed E-state index contributed by atoms with van der Waals surface area (Å²) < 4.78 is 32.0. The monoisotopic (exact) mass is 351 g/mol. The minimum Gasteiger partial charge on any atom is -0.383 e. The van der Waals surface area contributed by atoms with Crippen LogP contribution in [0.4, 0.5) is 5.69 Å². The van der Waals surface area contributed by atoms with Crippen molar-refractivity contribution in [3.05, 3.63) is 64.5 Å². The topological polar surface area (TPSA) is 103 Å². The molecule has 0 aliphatic rings. The fourth-order valence-corrected chi connectivity index (χ4v) is 3.70. The van der Waals surface area contributed by atoms with Gasteiger partial charge in [-0.25, -0.2) is 8.42 Å². The molecule has 0 bridgehead atoms. The van der Waals surface area contributed by atoms with Gasteiger partial charge in [-0.2, -0.15) is 4.31 Å². The van der Waals surface area contributed by atoms with Gasteiger partial charge in [0.2, 0.25) is 10.0 Å². The van der Waals surface area contributed by atoms with Crippen LogP contribution in [0.1, 0.15) is 5.56 Å². The highest BCUT2D eigenvalue weighted by molar-refractivity contribution is 7.89. The van der Waals surface area contributed by atoms with Gasteiger partial charge in [0.05, 0.1) is 11.5 Å². The van der Waals surface area contributed by atoms with E-state index < -0.39 is 20.6 Å². The zero-order valence-corrected chi connectivity index (χ0v) is 13.8. The first kappa shape index (κ1) is 18.0. The molecule has 0 aliphatic carbocycles. The maximum absolute atomic E-state index is 12.9. The Morgan fingerprint density at radius 3 is 2.50 bits per heavy atom. The first-order valence-electron chi connectivity index (χ1n) is 7.08. The van der Waals surface area contributed by atoms with Gasteiger partial charge in [0.15, 0.2) is 4.90 Å². The van der Waals surface area contributed by atoms with E-state index in [0.717, 1.165) is 9.87 Å². The van der Waals surface area contributed by atoms with Crippen LogP contribution in [0.25, 0.3) is 0 Å². The number of hydrogen-bond donors (Lipinski definition) is 0. The lowest BCUT2D eigenvalue weighted by Gasteiger charge is -2.21. The van der Waals surface area contributed by atoms with Crippen LogP contribution in [-0.2, 0) is 21.3 Å². The summed E-state index contributed by atoms with van der Waals surface area (Å²) in [6.45, 7) is 0.318. The summed E-state index contributed by atoms with van der Waals surface area (Å²) in [7, 11) is -2.60. The predicted octanol–water partition coefficient (Wildman–Crippen LogP) is 1.83. The Bertz CT molecular complexity index is 796. The van der Waals surface area contributed by atoms with Gasteiger partial charge in [-0.15, -0.1) is 0 Å². The fraction of sp³-hybridized carbons (Fsp3) is 0.267. The Morgan fingerprint density at radius 1 is 1.21 bits per heavy atom. The van der Waals surface area contributed by atoms with Crippen molar-refractivity contribution in [3.63, 3.8) is 0 Å². The average molecular weight is 351 g/mol. The van der Waals surface area contributed by atoms with E-state index in [9.17, 15) is 18.5 Å². The van der Waals surface area contributed by atoms with Crippen LogP contribution in [0.15, 0.2) is 53.7 Å². The van der Waals surface area contributed by atoms with Crippen molar-refractivity contribution in [2.75, 3.05) is 20.3 Å². The van der Waals surface area contributed by atoms with Crippen LogP contribution in [-0.4, -0.2) is 42.9 Å². The van der Waals surface area contributed by atoms with Gasteiger partial charge >= 0.3 is 0 Å². The van der Waals surface area contributed by atoms with Crippen molar-refractivity contribution in [2.45, 2.75) is 11.4 Å². The molecule has 128 valence electrons. The number of nitro benzene ring substituents is 1. The zero-order chi connectivity index (χ0) is 17.6. The summed E-state index contributed by atoms with van der Waals surface area (Å²) >= 11 is 0. The first-order valence-corrected chi connectivity index (χ1v) is 8.52. The number of methoxy groups -OCH3 is 1. The van der Waals surface area contributed by atoms with Crippen molar-refractivity contribution < 1.29 is 18.1 Å². The molecule has 1 aromatic carbocycles. The Labute approximate surface area is 139 Å². The maximum atomic E-state index is 12.9. The number of sulfonamides is 1. The van der Waals surface area contributed by atoms with Crippen LogP contribution in [0.3, 0.4) is 0 Å². The number of para-hydroxylation sites is 1. The molecule has 0 amide bonds. The van der Waals surface area contributed by atoms with E-state index >= 15 is 0 Å². The number of hydrogen-bond acceptors (Lipinski definition) is 6. The summed E-state index contributed by atoms with van der Waals surface area (Å²) in [6, 6.07) is 8.68. The molecule has 0 N–H and O–H groups in total. The summed E-state index contributed by atoms with van der Waals surface area (Å²) in [4.78, 5) is 14.0. The van der Waals surface area contributed by atoms with Crippen molar-refractivity contribution in [3.8, 4) is 0 Å². The Hall–Kier alpha value is -2.36. The highest BCUT2D eigenvalue weighted by Crippen LogP contribution is 2.27. The van der Waals surface area contributed by atoms with Gasteiger partial charge < -0.3 is 4.74 Å². The predicted molar refractivity (Wildman–Crippen MR) is 86.8 cm³/mol. The highest BCUT2D eigenvalue weighted by atomic mass is 32.2. The van der Waals surface area contributed by atoms with Crippen molar-refractivity contribution >= 4 is 15.7 Å². The molecule has 0 radical (unpaired) electrons. The maximum Gasteiger partial charge on any atom is 0.289 e.